The van der Waals surface area contributed by atoms with Crippen LogP contribution in [0.4, 0.5) is 0 Å². The molecule has 0 spiro atoms. The third kappa shape index (κ3) is 0.294. The molecule has 2 heterocycles. The Bertz CT molecular complexity index is 206. The van der Waals surface area contributed by atoms with Crippen LogP contribution in [0.3, 0.4) is 0 Å². The van der Waals surface area contributed by atoms with Crippen molar-refractivity contribution in [1.29, 1.82) is 0 Å². The highest BCUT2D eigenvalue weighted by molar-refractivity contribution is 6.49. The van der Waals surface area contributed by atoms with Crippen molar-refractivity contribution in [3.05, 3.63) is 0 Å². The van der Waals surface area contributed by atoms with Gasteiger partial charge < -0.3 is 0 Å². The largest absolute Gasteiger partial charge is 0.213 e. The molecule has 8 heavy (non-hydrogen) atoms. The summed E-state index contributed by atoms with van der Waals surface area (Å²) in [5.41, 5.74) is 0. The average molecular weight is 106 g/mol. The molecule has 4 heteroatoms. The Hall–Kier alpha value is -1.32. The van der Waals surface area contributed by atoms with Gasteiger partial charge in [0.1, 0.15) is 12.7 Å². The van der Waals surface area contributed by atoms with Gasteiger partial charge in [-0.2, -0.15) is 0 Å². The summed E-state index contributed by atoms with van der Waals surface area (Å²) in [6.45, 7) is 0. The lowest BCUT2D eigenvalue weighted by Gasteiger charge is -1.76. The van der Waals surface area contributed by atoms with Gasteiger partial charge in [-0.15, -0.1) is 0 Å². The first-order valence-electron chi connectivity index (χ1n) is 2.18. The molecule has 0 saturated heterocycles. The molecule has 0 atom stereocenters. The van der Waals surface area contributed by atoms with E-state index in [9.17, 15) is 0 Å². The molecule has 0 bridgehead atoms. The van der Waals surface area contributed by atoms with E-state index in [2.05, 4.69) is 20.0 Å². The SMILES string of the molecule is C1=NC2=NC=NC2=N1. The van der Waals surface area contributed by atoms with Crippen molar-refractivity contribution in [2.24, 2.45) is 20.0 Å². The minimum absolute atomic E-state index is 0.630. The van der Waals surface area contributed by atoms with Crippen molar-refractivity contribution in [3.8, 4) is 0 Å². The summed E-state index contributed by atoms with van der Waals surface area (Å²) >= 11 is 0. The van der Waals surface area contributed by atoms with Crippen LogP contribution in [0.15, 0.2) is 20.0 Å². The van der Waals surface area contributed by atoms with Gasteiger partial charge in [0.25, 0.3) is 0 Å². The Morgan fingerprint density at radius 1 is 0.875 bits per heavy atom. The van der Waals surface area contributed by atoms with E-state index in [1.54, 1.807) is 0 Å². The van der Waals surface area contributed by atoms with E-state index in [-0.39, 0.29) is 0 Å². The number of hydrogen-bond acceptors (Lipinski definition) is 4. The molecule has 2 aliphatic rings. The smallest absolute Gasteiger partial charge is 0.200 e. The average Bonchev–Trinajstić information content (AvgIpc) is 2.15. The van der Waals surface area contributed by atoms with E-state index in [4.69, 9.17) is 0 Å². The van der Waals surface area contributed by atoms with Crippen LogP contribution in [0.25, 0.3) is 0 Å². The first-order valence-corrected chi connectivity index (χ1v) is 2.18. The number of fused-ring (bicyclic) bond motifs is 1. The summed E-state index contributed by atoms with van der Waals surface area (Å²) in [6, 6.07) is 0. The Morgan fingerprint density at radius 2 is 1.38 bits per heavy atom. The van der Waals surface area contributed by atoms with Gasteiger partial charge in [0.2, 0.25) is 11.7 Å². The number of aliphatic imine (C=N–C) groups is 4. The summed E-state index contributed by atoms with van der Waals surface area (Å²) in [6.07, 6.45) is 2.90. The van der Waals surface area contributed by atoms with Crippen LogP contribution < -0.4 is 0 Å². The molecular weight excluding hydrogens is 104 g/mol. The monoisotopic (exact) mass is 106 g/mol. The van der Waals surface area contributed by atoms with Gasteiger partial charge in [0.05, 0.1) is 0 Å². The fourth-order valence-electron chi connectivity index (χ4n) is 0.574. The second-order valence-corrected chi connectivity index (χ2v) is 1.39. The summed E-state index contributed by atoms with van der Waals surface area (Å²) in [5.74, 6) is 1.26. The molecule has 0 unspecified atom stereocenters. The topological polar surface area (TPSA) is 49.4 Å². The Morgan fingerprint density at radius 3 is 1.88 bits per heavy atom. The maximum atomic E-state index is 3.79. The molecule has 0 saturated carbocycles. The zero-order chi connectivity index (χ0) is 5.40. The van der Waals surface area contributed by atoms with Crippen molar-refractivity contribution in [1.82, 2.24) is 0 Å². The number of rotatable bonds is 0. The predicted octanol–water partition coefficient (Wildman–Crippen LogP) is -0.133. The summed E-state index contributed by atoms with van der Waals surface area (Å²) < 4.78 is 0. The van der Waals surface area contributed by atoms with Gasteiger partial charge in [-0.3, -0.25) is 0 Å². The Labute approximate surface area is 45.4 Å². The molecule has 0 aromatic carbocycles. The fourth-order valence-corrected chi connectivity index (χ4v) is 0.574. The minimum atomic E-state index is 0.630. The molecule has 2 rings (SSSR count). The lowest BCUT2D eigenvalue weighted by molar-refractivity contribution is 1.66. The summed E-state index contributed by atoms with van der Waals surface area (Å²) in [5, 5.41) is 0. The van der Waals surface area contributed by atoms with Gasteiger partial charge >= 0.3 is 0 Å². The molecule has 0 aromatic heterocycles. The zero-order valence-corrected chi connectivity index (χ0v) is 3.94. The molecule has 0 N–H and O–H groups in total. The van der Waals surface area contributed by atoms with E-state index in [0.717, 1.165) is 0 Å². The maximum absolute atomic E-state index is 3.79. The number of amidine groups is 2. The van der Waals surface area contributed by atoms with Crippen molar-refractivity contribution < 1.29 is 0 Å². The van der Waals surface area contributed by atoms with Crippen LogP contribution in [0, 0.1) is 0 Å². The first-order chi connectivity index (χ1) is 3.97. The lowest BCUT2D eigenvalue weighted by Crippen LogP contribution is -1.97. The molecular formula is C4H2N4. The van der Waals surface area contributed by atoms with Gasteiger partial charge in [-0.1, -0.05) is 0 Å². The lowest BCUT2D eigenvalue weighted by atomic mass is 10.6. The zero-order valence-electron chi connectivity index (χ0n) is 3.94. The maximum Gasteiger partial charge on any atom is 0.200 e. The van der Waals surface area contributed by atoms with E-state index >= 15 is 0 Å². The van der Waals surface area contributed by atoms with Gasteiger partial charge in [-0.05, 0) is 0 Å². The quantitative estimate of drug-likeness (QED) is 0.413. The highest BCUT2D eigenvalue weighted by Crippen LogP contribution is 1.99. The Balaban J connectivity index is 2.59. The fraction of sp³-hybridized carbons (Fsp3) is 0. The molecule has 0 aliphatic carbocycles. The Kier molecular flexibility index (Phi) is 0.498. The van der Waals surface area contributed by atoms with Crippen molar-refractivity contribution >= 4 is 24.3 Å². The normalized spacial score (nSPS) is 21.0. The van der Waals surface area contributed by atoms with Crippen molar-refractivity contribution in [3.63, 3.8) is 0 Å². The second-order valence-electron chi connectivity index (χ2n) is 1.39. The number of hydrogen-bond donors (Lipinski definition) is 0. The molecule has 38 valence electrons. The number of nitrogens with zero attached hydrogens (tertiary/aromatic N) is 4. The third-order valence-corrected chi connectivity index (χ3v) is 0.920. The highest BCUT2D eigenvalue weighted by atomic mass is 15.2. The predicted molar refractivity (Wildman–Crippen MR) is 31.9 cm³/mol. The summed E-state index contributed by atoms with van der Waals surface area (Å²) in [7, 11) is 0. The van der Waals surface area contributed by atoms with Crippen LogP contribution in [0.5, 0.6) is 0 Å². The van der Waals surface area contributed by atoms with Crippen LogP contribution in [0.2, 0.25) is 0 Å². The van der Waals surface area contributed by atoms with Crippen molar-refractivity contribution in [2.75, 3.05) is 0 Å². The van der Waals surface area contributed by atoms with E-state index < -0.39 is 0 Å². The summed E-state index contributed by atoms with van der Waals surface area (Å²) in [4.78, 5) is 15.2. The highest BCUT2D eigenvalue weighted by Gasteiger charge is 2.12. The van der Waals surface area contributed by atoms with Gasteiger partial charge in [0, 0.05) is 0 Å². The standard InChI is InChI=1S/C4H2N4/c1-5-3-4(6-1)8-2-7-3/h1-2H. The van der Waals surface area contributed by atoms with Crippen molar-refractivity contribution in [2.45, 2.75) is 0 Å². The molecule has 4 nitrogen and oxygen atoms in total. The molecule has 0 amide bonds. The van der Waals surface area contributed by atoms with Crippen LogP contribution in [0.1, 0.15) is 0 Å². The third-order valence-electron chi connectivity index (χ3n) is 0.920. The van der Waals surface area contributed by atoms with E-state index in [1.165, 1.54) is 12.7 Å². The van der Waals surface area contributed by atoms with Gasteiger partial charge in [0.15, 0.2) is 0 Å². The minimum Gasteiger partial charge on any atom is -0.213 e. The van der Waals surface area contributed by atoms with Crippen LogP contribution in [-0.2, 0) is 0 Å². The first kappa shape index (κ1) is 3.65. The van der Waals surface area contributed by atoms with Crippen LogP contribution in [-0.4, -0.2) is 24.3 Å². The molecule has 2 aliphatic heterocycles. The molecule has 0 aromatic rings. The van der Waals surface area contributed by atoms with Crippen LogP contribution >= 0.6 is 0 Å². The molecule has 0 fully saturated rings. The molecule has 0 radical (unpaired) electrons. The van der Waals surface area contributed by atoms with E-state index in [1.807, 2.05) is 0 Å². The van der Waals surface area contributed by atoms with Gasteiger partial charge in [-0.25, -0.2) is 20.0 Å². The second kappa shape index (κ2) is 1.09. The van der Waals surface area contributed by atoms with E-state index in [0.29, 0.717) is 11.7 Å².